The summed E-state index contributed by atoms with van der Waals surface area (Å²) in [7, 11) is 0. The van der Waals surface area contributed by atoms with E-state index in [2.05, 4.69) is 18.7 Å². The van der Waals surface area contributed by atoms with E-state index in [-0.39, 0.29) is 11.7 Å². The normalized spacial score (nSPS) is 15.6. The summed E-state index contributed by atoms with van der Waals surface area (Å²) in [6, 6.07) is 6.56. The number of carbonyl (C=O) groups is 1. The maximum Gasteiger partial charge on any atom is 0.232 e. The van der Waals surface area contributed by atoms with Crippen LogP contribution in [-0.4, -0.2) is 48.5 Å². The highest BCUT2D eigenvalue weighted by molar-refractivity contribution is 7.99. The highest BCUT2D eigenvalue weighted by Crippen LogP contribution is 2.17. The van der Waals surface area contributed by atoms with Crippen molar-refractivity contribution in [1.82, 2.24) is 4.90 Å². The average molecular weight is 310 g/mol. The van der Waals surface area contributed by atoms with Gasteiger partial charge in [-0.25, -0.2) is 4.39 Å². The van der Waals surface area contributed by atoms with Gasteiger partial charge >= 0.3 is 0 Å². The van der Waals surface area contributed by atoms with Gasteiger partial charge in [0.25, 0.3) is 0 Å². The Morgan fingerprint density at radius 1 is 1.19 bits per heavy atom. The molecule has 0 radical (unpaired) electrons. The largest absolute Gasteiger partial charge is 0.368 e. The van der Waals surface area contributed by atoms with Crippen LogP contribution in [0.1, 0.15) is 13.8 Å². The number of hydrogen-bond acceptors (Lipinski definition) is 3. The van der Waals surface area contributed by atoms with Gasteiger partial charge in [-0.05, 0) is 35.9 Å². The molecule has 3 nitrogen and oxygen atoms in total. The Morgan fingerprint density at radius 3 is 2.38 bits per heavy atom. The van der Waals surface area contributed by atoms with Crippen molar-refractivity contribution in [2.45, 2.75) is 13.8 Å². The lowest BCUT2D eigenvalue weighted by Gasteiger charge is -2.36. The molecule has 0 atom stereocenters. The zero-order valence-corrected chi connectivity index (χ0v) is 13.5. The van der Waals surface area contributed by atoms with Crippen molar-refractivity contribution < 1.29 is 9.18 Å². The van der Waals surface area contributed by atoms with Crippen LogP contribution < -0.4 is 4.90 Å². The number of anilines is 1. The number of thioether (sulfide) groups is 1. The molecule has 116 valence electrons. The number of halogens is 1. The highest BCUT2D eigenvalue weighted by Gasteiger charge is 2.21. The van der Waals surface area contributed by atoms with Gasteiger partial charge in [-0.3, -0.25) is 4.79 Å². The van der Waals surface area contributed by atoms with Crippen molar-refractivity contribution in [3.63, 3.8) is 0 Å². The number of amides is 1. The first-order chi connectivity index (χ1) is 10.1. The van der Waals surface area contributed by atoms with E-state index in [4.69, 9.17) is 0 Å². The Bertz CT molecular complexity index is 456. The molecule has 0 saturated carbocycles. The van der Waals surface area contributed by atoms with Crippen molar-refractivity contribution in [2.75, 3.05) is 42.6 Å². The van der Waals surface area contributed by atoms with Crippen LogP contribution in [0, 0.1) is 11.7 Å². The molecule has 2 rings (SSSR count). The third-order valence-corrected chi connectivity index (χ3v) is 4.85. The highest BCUT2D eigenvalue weighted by atomic mass is 32.2. The Kier molecular flexibility index (Phi) is 5.91. The Hall–Kier alpha value is -1.23. The lowest BCUT2D eigenvalue weighted by molar-refractivity contribution is -0.128. The van der Waals surface area contributed by atoms with Crippen molar-refractivity contribution in [1.29, 1.82) is 0 Å². The molecular weight excluding hydrogens is 287 g/mol. The number of nitrogens with zero attached hydrogens (tertiary/aromatic N) is 2. The maximum absolute atomic E-state index is 12.9. The van der Waals surface area contributed by atoms with E-state index >= 15 is 0 Å². The van der Waals surface area contributed by atoms with E-state index in [0.29, 0.717) is 11.7 Å². The van der Waals surface area contributed by atoms with E-state index in [9.17, 15) is 9.18 Å². The fourth-order valence-electron chi connectivity index (χ4n) is 2.34. The molecule has 1 aliphatic rings. The van der Waals surface area contributed by atoms with E-state index in [1.54, 1.807) is 23.9 Å². The summed E-state index contributed by atoms with van der Waals surface area (Å²) in [5, 5.41) is 0. The molecule has 21 heavy (non-hydrogen) atoms. The predicted octanol–water partition coefficient (Wildman–Crippen LogP) is 2.86. The van der Waals surface area contributed by atoms with Crippen molar-refractivity contribution >= 4 is 23.4 Å². The van der Waals surface area contributed by atoms with Crippen LogP contribution >= 0.6 is 11.8 Å². The second kappa shape index (κ2) is 7.69. The molecule has 0 N–H and O–H groups in total. The van der Waals surface area contributed by atoms with Gasteiger partial charge in [-0.15, -0.1) is 0 Å². The summed E-state index contributed by atoms with van der Waals surface area (Å²) < 4.78 is 12.9. The average Bonchev–Trinajstić information content (AvgIpc) is 2.48. The van der Waals surface area contributed by atoms with Gasteiger partial charge in [0.15, 0.2) is 0 Å². The van der Waals surface area contributed by atoms with E-state index < -0.39 is 0 Å². The summed E-state index contributed by atoms with van der Waals surface area (Å²) in [6.45, 7) is 7.45. The SMILES string of the molecule is CC(C)CSCC(=O)N1CCN(c2ccc(F)cc2)CC1. The number of rotatable bonds is 5. The molecule has 1 heterocycles. The van der Waals surface area contributed by atoms with Gasteiger partial charge < -0.3 is 9.80 Å². The molecule has 0 aliphatic carbocycles. The van der Waals surface area contributed by atoms with E-state index in [1.807, 2.05) is 4.90 Å². The molecule has 1 saturated heterocycles. The molecule has 0 aromatic heterocycles. The minimum atomic E-state index is -0.213. The molecule has 5 heteroatoms. The Morgan fingerprint density at radius 2 is 1.81 bits per heavy atom. The third-order valence-electron chi connectivity index (χ3n) is 3.50. The zero-order chi connectivity index (χ0) is 15.2. The number of carbonyl (C=O) groups excluding carboxylic acids is 1. The first-order valence-electron chi connectivity index (χ1n) is 7.42. The van der Waals surface area contributed by atoms with Crippen LogP contribution in [0.25, 0.3) is 0 Å². The molecule has 0 unspecified atom stereocenters. The van der Waals surface area contributed by atoms with Crippen LogP contribution in [0.15, 0.2) is 24.3 Å². The van der Waals surface area contributed by atoms with Gasteiger partial charge in [0, 0.05) is 31.9 Å². The Labute approximate surface area is 130 Å². The van der Waals surface area contributed by atoms with Crippen LogP contribution in [0.2, 0.25) is 0 Å². The number of hydrogen-bond donors (Lipinski definition) is 0. The standard InChI is InChI=1S/C16H23FN2OS/c1-13(2)11-21-12-16(20)19-9-7-18(8-10-19)15-5-3-14(17)4-6-15/h3-6,13H,7-12H2,1-2H3. The number of piperazine rings is 1. The summed E-state index contributed by atoms with van der Waals surface area (Å²) in [4.78, 5) is 16.2. The van der Waals surface area contributed by atoms with E-state index in [1.165, 1.54) is 12.1 Å². The Balaban J connectivity index is 1.77. The minimum Gasteiger partial charge on any atom is -0.368 e. The second-order valence-electron chi connectivity index (χ2n) is 5.75. The monoisotopic (exact) mass is 310 g/mol. The summed E-state index contributed by atoms with van der Waals surface area (Å²) >= 11 is 1.72. The van der Waals surface area contributed by atoms with Crippen molar-refractivity contribution in [3.8, 4) is 0 Å². The quantitative estimate of drug-likeness (QED) is 0.835. The summed E-state index contributed by atoms with van der Waals surface area (Å²) in [5.41, 5.74) is 1.03. The zero-order valence-electron chi connectivity index (χ0n) is 12.7. The molecule has 1 amide bonds. The van der Waals surface area contributed by atoms with Crippen LogP contribution in [0.3, 0.4) is 0 Å². The summed E-state index contributed by atoms with van der Waals surface area (Å²) in [5.74, 6) is 2.25. The molecule has 0 bridgehead atoms. The first-order valence-corrected chi connectivity index (χ1v) is 8.58. The van der Waals surface area contributed by atoms with Crippen molar-refractivity contribution in [2.24, 2.45) is 5.92 Å². The van der Waals surface area contributed by atoms with Gasteiger partial charge in [-0.1, -0.05) is 13.8 Å². The van der Waals surface area contributed by atoms with Crippen LogP contribution in [0.5, 0.6) is 0 Å². The van der Waals surface area contributed by atoms with Crippen LogP contribution in [-0.2, 0) is 4.79 Å². The summed E-state index contributed by atoms with van der Waals surface area (Å²) in [6.07, 6.45) is 0. The van der Waals surface area contributed by atoms with Crippen molar-refractivity contribution in [3.05, 3.63) is 30.1 Å². The topological polar surface area (TPSA) is 23.6 Å². The lowest BCUT2D eigenvalue weighted by atomic mass is 10.2. The predicted molar refractivity (Wildman–Crippen MR) is 87.4 cm³/mol. The maximum atomic E-state index is 12.9. The van der Waals surface area contributed by atoms with Crippen LogP contribution in [0.4, 0.5) is 10.1 Å². The fraction of sp³-hybridized carbons (Fsp3) is 0.562. The molecule has 0 spiro atoms. The number of benzene rings is 1. The minimum absolute atomic E-state index is 0.213. The van der Waals surface area contributed by atoms with Gasteiger partial charge in [0.1, 0.15) is 5.82 Å². The van der Waals surface area contributed by atoms with E-state index in [0.717, 1.165) is 37.6 Å². The van der Waals surface area contributed by atoms with Gasteiger partial charge in [0.2, 0.25) is 5.91 Å². The molecule has 1 aliphatic heterocycles. The first kappa shape index (κ1) is 16.1. The van der Waals surface area contributed by atoms with Gasteiger partial charge in [-0.2, -0.15) is 11.8 Å². The molecule has 1 aromatic carbocycles. The fourth-order valence-corrected chi connectivity index (χ4v) is 3.29. The lowest BCUT2D eigenvalue weighted by Crippen LogP contribution is -2.49. The third kappa shape index (κ3) is 4.92. The smallest absolute Gasteiger partial charge is 0.232 e. The molecule has 1 aromatic rings. The molecular formula is C16H23FN2OS. The second-order valence-corrected chi connectivity index (χ2v) is 6.78. The molecule has 1 fully saturated rings. The van der Waals surface area contributed by atoms with Gasteiger partial charge in [0.05, 0.1) is 5.75 Å².